The van der Waals surface area contributed by atoms with Gasteiger partial charge in [0.05, 0.1) is 0 Å². The van der Waals surface area contributed by atoms with E-state index in [2.05, 4.69) is 0 Å². The van der Waals surface area contributed by atoms with Crippen molar-refractivity contribution < 1.29 is 48.6 Å². The van der Waals surface area contributed by atoms with Crippen molar-refractivity contribution in [1.82, 2.24) is 0 Å². The quantitative estimate of drug-likeness (QED) is 0.0693. The van der Waals surface area contributed by atoms with Gasteiger partial charge in [-0.05, 0) is 0 Å². The van der Waals surface area contributed by atoms with Gasteiger partial charge in [0.2, 0.25) is 0 Å². The van der Waals surface area contributed by atoms with Gasteiger partial charge in [0.25, 0.3) is 0 Å². The second-order valence-corrected chi connectivity index (χ2v) is 13.3. The molecule has 5 aromatic carbocycles. The molecule has 1 nitrogen and oxygen atoms in total. The molecule has 0 fully saturated rings. The molecule has 1 heterocycles. The zero-order chi connectivity index (χ0) is 34.3. The summed E-state index contributed by atoms with van der Waals surface area (Å²) in [6, 6.07) is 23.3. The monoisotopic (exact) mass is 784 g/mol. The van der Waals surface area contributed by atoms with Crippen LogP contribution >= 0.6 is 0 Å². The Bertz CT molecular complexity index is 1920. The molecule has 13 heteroatoms. The molecule has 0 atom stereocenters. The van der Waals surface area contributed by atoms with E-state index in [-0.39, 0.29) is 18.4 Å². The molecule has 5 aromatic rings. The molecule has 1 aliphatic heterocycles. The fourth-order valence-electron chi connectivity index (χ4n) is 5.29. The zero-order valence-corrected chi connectivity index (χ0v) is 26.4. The molecule has 0 spiro atoms. The molecule has 0 radical (unpaired) electrons. The summed E-state index contributed by atoms with van der Waals surface area (Å²) in [4.78, 5) is 0. The number of hydrogen-bond donors (Lipinski definition) is 0. The van der Waals surface area contributed by atoms with E-state index in [4.69, 9.17) is 4.65 Å². The molecule has 0 unspecified atom stereocenters. The first-order chi connectivity index (χ1) is 23.0. The molecule has 0 amide bonds. The van der Waals surface area contributed by atoms with Gasteiger partial charge in [-0.2, -0.15) is 0 Å². The second kappa shape index (κ2) is 13.7. The summed E-state index contributed by atoms with van der Waals surface area (Å²) in [6.07, 6.45) is 0. The average molecular weight is 782 g/mol. The molecule has 242 valence electrons. The van der Waals surface area contributed by atoms with Crippen molar-refractivity contribution >= 4 is 46.0 Å². The molecule has 48 heavy (non-hydrogen) atoms. The first kappa shape index (κ1) is 33.6. The molecule has 0 bridgehead atoms. The molecule has 0 N–H and O–H groups in total. The summed E-state index contributed by atoms with van der Waals surface area (Å²) < 4.78 is 157. The summed E-state index contributed by atoms with van der Waals surface area (Å²) in [5.74, 6) is -23.2. The van der Waals surface area contributed by atoms with Crippen molar-refractivity contribution in [2.75, 3.05) is 0 Å². The van der Waals surface area contributed by atoms with Crippen molar-refractivity contribution in [1.29, 1.82) is 0 Å². The van der Waals surface area contributed by atoms with Crippen molar-refractivity contribution in [2.45, 2.75) is 6.61 Å². The molecule has 0 aliphatic carbocycles. The standard InChI is InChI=1S/C35H17BF10OTe/c37-24-20(25(38)29(42)32(45)28(24)41)22-34(18-12-6-2-7-13-18)48-35(19-14-8-3-9-15-19)23(36(22)47-16-17-10-4-1-5-11-17)21-26(39)30(43)33(46)31(44)27(21)40/h1-15H,16H2. The van der Waals surface area contributed by atoms with Gasteiger partial charge in [-0.15, -0.1) is 0 Å². The Morgan fingerprint density at radius 3 is 1.08 bits per heavy atom. The van der Waals surface area contributed by atoms with Crippen LogP contribution in [0.1, 0.15) is 27.8 Å². The van der Waals surface area contributed by atoms with Gasteiger partial charge in [0.15, 0.2) is 0 Å². The fourth-order valence-corrected chi connectivity index (χ4v) is 9.15. The Kier molecular flexibility index (Phi) is 9.56. The summed E-state index contributed by atoms with van der Waals surface area (Å²) in [6.45, 7) is -2.61. The molecular weight excluding hydrogens is 765 g/mol. The van der Waals surface area contributed by atoms with Crippen LogP contribution in [0, 0.1) is 58.2 Å². The van der Waals surface area contributed by atoms with Crippen LogP contribution in [0.4, 0.5) is 43.9 Å². The number of benzene rings is 5. The van der Waals surface area contributed by atoms with E-state index in [1.807, 2.05) is 0 Å². The summed E-state index contributed by atoms with van der Waals surface area (Å²) in [5, 5.41) is 0. The third-order valence-electron chi connectivity index (χ3n) is 7.51. The summed E-state index contributed by atoms with van der Waals surface area (Å²) >= 11 is -2.23. The van der Waals surface area contributed by atoms with Crippen molar-refractivity contribution in [3.8, 4) is 0 Å². The van der Waals surface area contributed by atoms with Crippen molar-refractivity contribution in [2.24, 2.45) is 0 Å². The fraction of sp³-hybridized carbons (Fsp3) is 0.0286. The van der Waals surface area contributed by atoms with Crippen LogP contribution in [0.15, 0.2) is 91.0 Å². The second-order valence-electron chi connectivity index (χ2n) is 10.4. The Balaban J connectivity index is 1.78. The Morgan fingerprint density at radius 2 is 0.729 bits per heavy atom. The summed E-state index contributed by atoms with van der Waals surface area (Å²) in [7, 11) is 0. The van der Waals surface area contributed by atoms with Crippen LogP contribution < -0.4 is 0 Å². The van der Waals surface area contributed by atoms with Gasteiger partial charge in [0, 0.05) is 0 Å². The number of halogens is 10. The van der Waals surface area contributed by atoms with Crippen LogP contribution in [0.5, 0.6) is 0 Å². The van der Waals surface area contributed by atoms with E-state index in [0.717, 1.165) is 0 Å². The van der Waals surface area contributed by atoms with Gasteiger partial charge >= 0.3 is 278 Å². The maximum absolute atomic E-state index is 15.8. The van der Waals surface area contributed by atoms with Gasteiger partial charge < -0.3 is 0 Å². The van der Waals surface area contributed by atoms with Gasteiger partial charge in [-0.3, -0.25) is 0 Å². The first-order valence-electron chi connectivity index (χ1n) is 14.0. The minimum absolute atomic E-state index is 0.0359. The van der Waals surface area contributed by atoms with E-state index >= 15 is 17.6 Å². The first-order valence-corrected chi connectivity index (χ1v) is 16.3. The van der Waals surface area contributed by atoms with Gasteiger partial charge in [-0.1, -0.05) is 0 Å². The number of hydrogen-bond acceptors (Lipinski definition) is 1. The molecule has 6 rings (SSSR count). The third kappa shape index (κ3) is 5.84. The Morgan fingerprint density at radius 1 is 0.417 bits per heavy atom. The average Bonchev–Trinajstić information content (AvgIpc) is 3.12. The zero-order valence-electron chi connectivity index (χ0n) is 24.0. The molecule has 0 saturated heterocycles. The predicted octanol–water partition coefficient (Wildman–Crippen LogP) is 9.52. The van der Waals surface area contributed by atoms with Gasteiger partial charge in [-0.25, -0.2) is 0 Å². The van der Waals surface area contributed by atoms with Crippen LogP contribution in [0.3, 0.4) is 0 Å². The molecule has 0 aromatic heterocycles. The van der Waals surface area contributed by atoms with Crippen molar-refractivity contribution in [3.63, 3.8) is 0 Å². The molecule has 1 aliphatic rings. The minimum atomic E-state index is -2.45. The topological polar surface area (TPSA) is 9.23 Å². The van der Waals surface area contributed by atoms with E-state index < -0.39 is 115 Å². The van der Waals surface area contributed by atoms with E-state index in [0.29, 0.717) is 5.56 Å². The molecule has 0 saturated carbocycles. The van der Waals surface area contributed by atoms with E-state index in [1.165, 1.54) is 48.5 Å². The van der Waals surface area contributed by atoms with Crippen LogP contribution in [0.25, 0.3) is 18.2 Å². The van der Waals surface area contributed by atoms with E-state index in [1.54, 1.807) is 42.5 Å². The van der Waals surface area contributed by atoms with Crippen LogP contribution in [0.2, 0.25) is 0 Å². The van der Waals surface area contributed by atoms with Crippen LogP contribution in [-0.2, 0) is 11.3 Å². The Hall–Kier alpha value is -4.31. The Labute approximate surface area is 277 Å². The predicted molar refractivity (Wildman–Crippen MR) is 162 cm³/mol. The van der Waals surface area contributed by atoms with Crippen molar-refractivity contribution in [3.05, 3.63) is 177 Å². The van der Waals surface area contributed by atoms with Crippen LogP contribution in [-0.4, -0.2) is 27.8 Å². The third-order valence-corrected chi connectivity index (χ3v) is 11.3. The van der Waals surface area contributed by atoms with E-state index in [9.17, 15) is 26.3 Å². The SMILES string of the molecule is Fc1c(F)c(F)c(C2=C(c3ccccc3)[Te]C(c3ccccc3)=C(c3c(F)c(F)c(F)c(F)c3F)B2OCc2ccccc2)c(F)c1F. The normalized spacial score (nSPS) is 13.5. The maximum atomic E-state index is 15.8. The summed E-state index contributed by atoms with van der Waals surface area (Å²) in [5.41, 5.74) is -3.43. The van der Waals surface area contributed by atoms with Gasteiger partial charge in [0.1, 0.15) is 0 Å². The number of rotatable bonds is 7. The molecular formula is C35H17BF10OTe.